The first kappa shape index (κ1) is 20.2. The van der Waals surface area contributed by atoms with E-state index in [1.54, 1.807) is 26.2 Å². The van der Waals surface area contributed by atoms with Crippen LogP contribution in [0.15, 0.2) is 48.0 Å². The number of aliphatic hydroxyl groups excluding tert-OH is 1. The molecule has 3 aliphatic rings. The van der Waals surface area contributed by atoms with Crippen molar-refractivity contribution in [2.45, 2.75) is 25.9 Å². The molecular weight excluding hydrogens is 395 g/mol. The van der Waals surface area contributed by atoms with Crippen LogP contribution in [0.2, 0.25) is 0 Å². The number of aliphatic hydroxyl groups is 1. The summed E-state index contributed by atoms with van der Waals surface area (Å²) in [5.74, 6) is 0.655. The lowest BCUT2D eigenvalue weighted by Crippen LogP contribution is -2.65. The van der Waals surface area contributed by atoms with E-state index in [2.05, 4.69) is 17.0 Å². The molecule has 162 valence electrons. The van der Waals surface area contributed by atoms with Gasteiger partial charge in [0.1, 0.15) is 11.6 Å². The number of carbonyl (C=O) groups is 1. The van der Waals surface area contributed by atoms with Gasteiger partial charge in [0.2, 0.25) is 5.91 Å². The highest BCUT2D eigenvalue weighted by molar-refractivity contribution is 5.85. The molecular formula is C25H27FN2O3. The number of methoxy groups -OCH3 is 1. The summed E-state index contributed by atoms with van der Waals surface area (Å²) in [6.45, 7) is 4.24. The summed E-state index contributed by atoms with van der Waals surface area (Å²) in [7, 11) is 1.67. The van der Waals surface area contributed by atoms with Crippen LogP contribution in [0.1, 0.15) is 23.6 Å². The highest BCUT2D eigenvalue weighted by Gasteiger charge is 2.55. The van der Waals surface area contributed by atoms with Crippen molar-refractivity contribution < 1.29 is 19.0 Å². The van der Waals surface area contributed by atoms with Gasteiger partial charge in [0, 0.05) is 38.5 Å². The normalized spacial score (nSPS) is 21.7. The molecule has 2 aromatic rings. The van der Waals surface area contributed by atoms with Crippen molar-refractivity contribution in [1.29, 1.82) is 0 Å². The highest BCUT2D eigenvalue weighted by Crippen LogP contribution is 2.54. The molecule has 0 unspecified atom stereocenters. The monoisotopic (exact) mass is 422 g/mol. The summed E-state index contributed by atoms with van der Waals surface area (Å²) in [6.07, 6.45) is 0.758. The second-order valence-corrected chi connectivity index (χ2v) is 8.99. The van der Waals surface area contributed by atoms with E-state index < -0.39 is 0 Å². The van der Waals surface area contributed by atoms with Gasteiger partial charge in [0.05, 0.1) is 19.8 Å². The number of benzene rings is 2. The molecule has 2 aromatic carbocycles. The van der Waals surface area contributed by atoms with Crippen LogP contribution in [0.4, 0.5) is 4.39 Å². The molecule has 0 bridgehead atoms. The van der Waals surface area contributed by atoms with E-state index in [-0.39, 0.29) is 29.8 Å². The van der Waals surface area contributed by atoms with Crippen molar-refractivity contribution in [3.63, 3.8) is 0 Å². The van der Waals surface area contributed by atoms with E-state index in [4.69, 9.17) is 4.74 Å². The molecule has 1 saturated heterocycles. The number of nitrogens with zero attached hydrogens (tertiary/aromatic N) is 2. The average molecular weight is 423 g/mol. The minimum Gasteiger partial charge on any atom is -0.497 e. The zero-order chi connectivity index (χ0) is 21.8. The van der Waals surface area contributed by atoms with Gasteiger partial charge in [0.15, 0.2) is 0 Å². The number of hydrogen-bond donors (Lipinski definition) is 1. The van der Waals surface area contributed by atoms with Crippen LogP contribution in [0, 0.1) is 11.2 Å². The average Bonchev–Trinajstić information content (AvgIpc) is 3.10. The van der Waals surface area contributed by atoms with Gasteiger partial charge < -0.3 is 14.7 Å². The molecule has 5 nitrogen and oxygen atoms in total. The molecule has 1 N–H and O–H groups in total. The Hall–Kier alpha value is -2.70. The summed E-state index contributed by atoms with van der Waals surface area (Å²) in [5, 5.41) is 10.4. The van der Waals surface area contributed by atoms with Gasteiger partial charge in [-0.25, -0.2) is 4.39 Å². The first-order valence-corrected chi connectivity index (χ1v) is 10.7. The smallest absolute Gasteiger partial charge is 0.219 e. The maximum absolute atomic E-state index is 13.8. The van der Waals surface area contributed by atoms with Gasteiger partial charge in [-0.2, -0.15) is 0 Å². The Morgan fingerprint density at radius 3 is 2.71 bits per heavy atom. The number of ether oxygens (including phenoxy) is 1. The SMILES string of the molecule is COc1ccc2c(c1)CC1=C2C2(CN(C(C)=O)C2)CN(Cc2cccc(F)c2)[C@H]1CO. The van der Waals surface area contributed by atoms with E-state index in [9.17, 15) is 14.3 Å². The van der Waals surface area contributed by atoms with Crippen LogP contribution in [0.25, 0.3) is 5.57 Å². The van der Waals surface area contributed by atoms with E-state index in [0.29, 0.717) is 19.6 Å². The van der Waals surface area contributed by atoms with Gasteiger partial charge in [-0.1, -0.05) is 18.2 Å². The molecule has 0 aromatic heterocycles. The van der Waals surface area contributed by atoms with E-state index in [1.165, 1.54) is 28.3 Å². The summed E-state index contributed by atoms with van der Waals surface area (Å²) in [4.78, 5) is 16.1. The zero-order valence-electron chi connectivity index (χ0n) is 17.9. The second-order valence-electron chi connectivity index (χ2n) is 8.99. The Labute approximate surface area is 181 Å². The molecule has 1 spiro atoms. The Morgan fingerprint density at radius 2 is 2.03 bits per heavy atom. The van der Waals surface area contributed by atoms with Crippen LogP contribution < -0.4 is 4.74 Å². The third-order valence-corrected chi connectivity index (χ3v) is 7.04. The largest absolute Gasteiger partial charge is 0.497 e. The van der Waals surface area contributed by atoms with Crippen LogP contribution >= 0.6 is 0 Å². The number of likely N-dealkylation sites (tertiary alicyclic amines) is 1. The van der Waals surface area contributed by atoms with E-state index in [0.717, 1.165) is 24.3 Å². The Balaban J connectivity index is 1.55. The molecule has 0 saturated carbocycles. The minimum atomic E-state index is -0.253. The first-order chi connectivity index (χ1) is 14.9. The molecule has 1 atom stereocenters. The van der Waals surface area contributed by atoms with Gasteiger partial charge in [-0.05, 0) is 58.5 Å². The summed E-state index contributed by atoms with van der Waals surface area (Å²) < 4.78 is 19.2. The van der Waals surface area contributed by atoms with Crippen molar-refractivity contribution in [2.24, 2.45) is 5.41 Å². The van der Waals surface area contributed by atoms with Crippen LogP contribution in [-0.2, 0) is 17.8 Å². The fourth-order valence-electron chi connectivity index (χ4n) is 5.69. The fourth-order valence-corrected chi connectivity index (χ4v) is 5.69. The van der Waals surface area contributed by atoms with Gasteiger partial charge in [0.25, 0.3) is 0 Å². The molecule has 2 aliphatic heterocycles. The lowest BCUT2D eigenvalue weighted by molar-refractivity contribution is -0.139. The predicted octanol–water partition coefficient (Wildman–Crippen LogP) is 2.87. The van der Waals surface area contributed by atoms with Crippen LogP contribution in [0.5, 0.6) is 5.75 Å². The maximum Gasteiger partial charge on any atom is 0.219 e. The Kier molecular flexibility index (Phi) is 4.87. The van der Waals surface area contributed by atoms with Crippen LogP contribution in [0.3, 0.4) is 0 Å². The van der Waals surface area contributed by atoms with E-state index in [1.807, 2.05) is 17.0 Å². The quantitative estimate of drug-likeness (QED) is 0.823. The minimum absolute atomic E-state index is 0.00573. The first-order valence-electron chi connectivity index (χ1n) is 10.7. The van der Waals surface area contributed by atoms with Crippen molar-refractivity contribution >= 4 is 11.5 Å². The fraction of sp³-hybridized carbons (Fsp3) is 0.400. The Morgan fingerprint density at radius 1 is 1.23 bits per heavy atom. The predicted molar refractivity (Wildman–Crippen MR) is 116 cm³/mol. The number of fused-ring (bicyclic) bond motifs is 3. The van der Waals surface area contributed by atoms with E-state index >= 15 is 0 Å². The number of carbonyl (C=O) groups excluding carboxylic acids is 1. The number of hydrogen-bond acceptors (Lipinski definition) is 4. The lowest BCUT2D eigenvalue weighted by Gasteiger charge is -2.57. The molecule has 1 amide bonds. The van der Waals surface area contributed by atoms with Crippen LogP contribution in [-0.4, -0.2) is 60.2 Å². The molecule has 1 aliphatic carbocycles. The molecule has 31 heavy (non-hydrogen) atoms. The van der Waals surface area contributed by atoms with Crippen molar-refractivity contribution in [3.05, 3.63) is 70.5 Å². The summed E-state index contributed by atoms with van der Waals surface area (Å²) in [6, 6.07) is 12.7. The number of rotatable bonds is 4. The van der Waals surface area contributed by atoms with Gasteiger partial charge in [-0.15, -0.1) is 0 Å². The molecule has 1 fully saturated rings. The molecule has 0 radical (unpaired) electrons. The maximum atomic E-state index is 13.8. The zero-order valence-corrected chi connectivity index (χ0v) is 17.9. The lowest BCUT2D eigenvalue weighted by atomic mass is 9.67. The highest BCUT2D eigenvalue weighted by atomic mass is 19.1. The van der Waals surface area contributed by atoms with Crippen molar-refractivity contribution in [3.8, 4) is 5.75 Å². The number of amides is 1. The van der Waals surface area contributed by atoms with Crippen molar-refractivity contribution in [2.75, 3.05) is 33.4 Å². The van der Waals surface area contributed by atoms with Crippen molar-refractivity contribution in [1.82, 2.24) is 9.80 Å². The topological polar surface area (TPSA) is 53.0 Å². The molecule has 5 rings (SSSR count). The summed E-state index contributed by atoms with van der Waals surface area (Å²) in [5.41, 5.74) is 5.64. The molecule has 6 heteroatoms. The van der Waals surface area contributed by atoms with Gasteiger partial charge >= 0.3 is 0 Å². The molecule has 2 heterocycles. The Bertz CT molecular complexity index is 1070. The number of halogens is 1. The third-order valence-electron chi connectivity index (χ3n) is 7.04. The standard InChI is InChI=1S/C25H27FN2O3/c1-16(30)28-14-25(15-28)13-27(11-17-4-3-5-19(26)8-17)23(12-29)22-10-18-9-20(31-2)6-7-21(18)24(22)25/h3-9,23,29H,10-15H2,1-2H3/t23-/m0/s1. The van der Waals surface area contributed by atoms with Gasteiger partial charge in [-0.3, -0.25) is 9.69 Å². The second kappa shape index (κ2) is 7.46. The third kappa shape index (κ3) is 3.25. The summed E-state index contributed by atoms with van der Waals surface area (Å²) >= 11 is 0.